The number of para-hydroxylation sites is 1. The maximum absolute atomic E-state index is 13.0. The van der Waals surface area contributed by atoms with E-state index in [0.717, 1.165) is 16.9 Å². The Morgan fingerprint density at radius 1 is 0.897 bits per heavy atom. The van der Waals surface area contributed by atoms with E-state index in [0.29, 0.717) is 16.7 Å². The molecule has 0 radical (unpaired) electrons. The minimum atomic E-state index is -0.235. The molecule has 0 bridgehead atoms. The lowest BCUT2D eigenvalue weighted by atomic mass is 10.2. The van der Waals surface area contributed by atoms with Crippen molar-refractivity contribution < 1.29 is 9.57 Å². The van der Waals surface area contributed by atoms with E-state index < -0.39 is 0 Å². The zero-order valence-corrected chi connectivity index (χ0v) is 16.0. The normalized spacial score (nSPS) is 11.1. The topological polar surface area (TPSA) is 53.3 Å². The van der Waals surface area contributed by atoms with E-state index in [1.807, 2.05) is 78.9 Å². The van der Waals surface area contributed by atoms with E-state index in [2.05, 4.69) is 4.98 Å². The van der Waals surface area contributed by atoms with Crippen molar-refractivity contribution in [1.29, 1.82) is 0 Å². The Kier molecular flexibility index (Phi) is 5.38. The summed E-state index contributed by atoms with van der Waals surface area (Å²) in [5.41, 5.74) is 2.33. The van der Waals surface area contributed by atoms with E-state index in [9.17, 15) is 4.79 Å². The van der Waals surface area contributed by atoms with Gasteiger partial charge in [-0.05, 0) is 41.5 Å². The molecule has 0 aliphatic heterocycles. The Morgan fingerprint density at radius 3 is 2.38 bits per heavy atom. The van der Waals surface area contributed by atoms with Gasteiger partial charge in [0.2, 0.25) is 0 Å². The van der Waals surface area contributed by atoms with Crippen LogP contribution in [-0.4, -0.2) is 16.8 Å². The van der Waals surface area contributed by atoms with Gasteiger partial charge >= 0.3 is 0 Å². The summed E-state index contributed by atoms with van der Waals surface area (Å²) in [5.74, 6) is 1.22. The molecule has 1 aromatic heterocycles. The highest BCUT2D eigenvalue weighted by molar-refractivity contribution is 5.79. The molecule has 0 saturated heterocycles. The average Bonchev–Trinajstić information content (AvgIpc) is 2.78. The predicted molar refractivity (Wildman–Crippen MR) is 115 cm³/mol. The molecular formula is C24H20N2O3. The molecule has 29 heavy (non-hydrogen) atoms. The van der Waals surface area contributed by atoms with Gasteiger partial charge < -0.3 is 9.57 Å². The second kappa shape index (κ2) is 8.44. The molecule has 0 aliphatic rings. The van der Waals surface area contributed by atoms with Crippen molar-refractivity contribution in [2.45, 2.75) is 6.61 Å². The fourth-order valence-corrected chi connectivity index (χ4v) is 2.96. The van der Waals surface area contributed by atoms with Crippen LogP contribution in [0.2, 0.25) is 0 Å². The Bertz CT molecular complexity index is 1200. The highest BCUT2D eigenvalue weighted by atomic mass is 16.7. The first-order valence-corrected chi connectivity index (χ1v) is 9.26. The van der Waals surface area contributed by atoms with Crippen molar-refractivity contribution in [3.8, 4) is 5.75 Å². The van der Waals surface area contributed by atoms with Crippen molar-refractivity contribution in [3.63, 3.8) is 0 Å². The quantitative estimate of drug-likeness (QED) is 0.500. The van der Waals surface area contributed by atoms with Crippen LogP contribution in [0.5, 0.6) is 5.75 Å². The summed E-state index contributed by atoms with van der Waals surface area (Å²) in [5, 5.41) is 0.516. The van der Waals surface area contributed by atoms with Gasteiger partial charge in [-0.2, -0.15) is 0 Å². The van der Waals surface area contributed by atoms with Crippen molar-refractivity contribution in [2.24, 2.45) is 0 Å². The first-order chi connectivity index (χ1) is 14.2. The summed E-state index contributed by atoms with van der Waals surface area (Å²) in [6.07, 6.45) is 3.67. The molecule has 0 spiro atoms. The Hall–Kier alpha value is -3.86. The first-order valence-electron chi connectivity index (χ1n) is 9.26. The van der Waals surface area contributed by atoms with E-state index in [-0.39, 0.29) is 12.2 Å². The van der Waals surface area contributed by atoms with Crippen LogP contribution in [0.4, 0.5) is 0 Å². The SMILES string of the molecule is COc1ccc(C=Cc2nc3ccccc3c(=O)n2OCc2ccccc2)cc1. The number of aromatic nitrogens is 2. The molecule has 4 rings (SSSR count). The van der Waals surface area contributed by atoms with Crippen LogP contribution < -0.4 is 15.1 Å². The molecule has 0 unspecified atom stereocenters. The smallest absolute Gasteiger partial charge is 0.294 e. The van der Waals surface area contributed by atoms with Crippen LogP contribution in [0.15, 0.2) is 83.7 Å². The van der Waals surface area contributed by atoms with Gasteiger partial charge in [0.1, 0.15) is 12.4 Å². The average molecular weight is 384 g/mol. The van der Waals surface area contributed by atoms with Crippen LogP contribution in [0.3, 0.4) is 0 Å². The lowest BCUT2D eigenvalue weighted by Gasteiger charge is -2.12. The number of methoxy groups -OCH3 is 1. The van der Waals surface area contributed by atoms with E-state index in [4.69, 9.17) is 9.57 Å². The zero-order valence-electron chi connectivity index (χ0n) is 16.0. The van der Waals surface area contributed by atoms with Gasteiger partial charge in [0.15, 0.2) is 5.82 Å². The second-order valence-electron chi connectivity index (χ2n) is 6.45. The Labute approximate surface area is 168 Å². The molecule has 0 N–H and O–H groups in total. The van der Waals surface area contributed by atoms with Crippen LogP contribution in [-0.2, 0) is 6.61 Å². The summed E-state index contributed by atoms with van der Waals surface area (Å²) < 4.78 is 6.45. The molecule has 0 atom stereocenters. The largest absolute Gasteiger partial charge is 0.497 e. The third kappa shape index (κ3) is 4.19. The van der Waals surface area contributed by atoms with Gasteiger partial charge in [-0.3, -0.25) is 4.79 Å². The maximum atomic E-state index is 13.0. The van der Waals surface area contributed by atoms with Gasteiger partial charge in [0.05, 0.1) is 18.0 Å². The molecule has 0 saturated carbocycles. The van der Waals surface area contributed by atoms with Gasteiger partial charge in [0, 0.05) is 0 Å². The van der Waals surface area contributed by atoms with Gasteiger partial charge in [-0.25, -0.2) is 4.98 Å². The number of benzene rings is 3. The van der Waals surface area contributed by atoms with E-state index >= 15 is 0 Å². The summed E-state index contributed by atoms with van der Waals surface area (Å²) >= 11 is 0. The summed E-state index contributed by atoms with van der Waals surface area (Å²) in [7, 11) is 1.63. The van der Waals surface area contributed by atoms with Crippen molar-refractivity contribution in [3.05, 3.63) is 106 Å². The number of rotatable bonds is 6. The fourth-order valence-electron chi connectivity index (χ4n) is 2.96. The number of fused-ring (bicyclic) bond motifs is 1. The van der Waals surface area contributed by atoms with Crippen LogP contribution in [0.1, 0.15) is 17.0 Å². The third-order valence-corrected chi connectivity index (χ3v) is 4.51. The molecular weight excluding hydrogens is 364 g/mol. The van der Waals surface area contributed by atoms with Gasteiger partial charge in [-0.15, -0.1) is 4.73 Å². The minimum absolute atomic E-state index is 0.235. The number of ether oxygens (including phenoxy) is 1. The third-order valence-electron chi connectivity index (χ3n) is 4.51. The molecule has 5 heteroatoms. The van der Waals surface area contributed by atoms with Gasteiger partial charge in [0.25, 0.3) is 5.56 Å². The number of hydrogen-bond donors (Lipinski definition) is 0. The zero-order chi connectivity index (χ0) is 20.1. The van der Waals surface area contributed by atoms with E-state index in [1.54, 1.807) is 19.3 Å². The Morgan fingerprint density at radius 2 is 1.62 bits per heavy atom. The molecule has 0 aliphatic carbocycles. The van der Waals surface area contributed by atoms with Gasteiger partial charge in [-0.1, -0.05) is 60.7 Å². The summed E-state index contributed by atoms with van der Waals surface area (Å²) in [6, 6.07) is 24.6. The fraction of sp³-hybridized carbons (Fsp3) is 0.0833. The Balaban J connectivity index is 1.71. The number of nitrogens with zero attached hydrogens (tertiary/aromatic N) is 2. The standard InChI is InChI=1S/C24H20N2O3/c1-28-20-14-11-18(12-15-20)13-16-23-25-22-10-6-5-9-21(22)24(27)26(23)29-17-19-7-3-2-4-8-19/h2-16H,17H2,1H3. The molecule has 0 fully saturated rings. The second-order valence-corrected chi connectivity index (χ2v) is 6.45. The summed E-state index contributed by atoms with van der Waals surface area (Å²) in [4.78, 5) is 23.5. The monoisotopic (exact) mass is 384 g/mol. The molecule has 3 aromatic carbocycles. The number of hydrogen-bond acceptors (Lipinski definition) is 4. The molecule has 4 aromatic rings. The van der Waals surface area contributed by atoms with E-state index in [1.165, 1.54) is 4.73 Å². The maximum Gasteiger partial charge on any atom is 0.294 e. The van der Waals surface area contributed by atoms with Crippen molar-refractivity contribution in [2.75, 3.05) is 7.11 Å². The van der Waals surface area contributed by atoms with Crippen LogP contribution in [0, 0.1) is 0 Å². The highest BCUT2D eigenvalue weighted by Gasteiger charge is 2.10. The molecule has 1 heterocycles. The van der Waals surface area contributed by atoms with Crippen LogP contribution >= 0.6 is 0 Å². The lowest BCUT2D eigenvalue weighted by molar-refractivity contribution is 0.0865. The molecule has 0 amide bonds. The highest BCUT2D eigenvalue weighted by Crippen LogP contribution is 2.14. The van der Waals surface area contributed by atoms with Crippen LogP contribution in [0.25, 0.3) is 23.1 Å². The first kappa shape index (κ1) is 18.5. The minimum Gasteiger partial charge on any atom is -0.497 e. The lowest BCUT2D eigenvalue weighted by Crippen LogP contribution is -2.30. The predicted octanol–water partition coefficient (Wildman–Crippen LogP) is 4.20. The molecule has 5 nitrogen and oxygen atoms in total. The van der Waals surface area contributed by atoms with Crippen molar-refractivity contribution in [1.82, 2.24) is 9.71 Å². The summed E-state index contributed by atoms with van der Waals surface area (Å²) in [6.45, 7) is 0.268. The molecule has 144 valence electrons. The van der Waals surface area contributed by atoms with Crippen molar-refractivity contribution >= 4 is 23.1 Å².